The summed E-state index contributed by atoms with van der Waals surface area (Å²) in [5.41, 5.74) is 0.369. The van der Waals surface area contributed by atoms with Crippen LogP contribution >= 0.6 is 0 Å². The van der Waals surface area contributed by atoms with Crippen molar-refractivity contribution in [2.45, 2.75) is 38.6 Å². The number of nitrogens with zero attached hydrogens (tertiary/aromatic N) is 4. The standard InChI is InChI=1S/C14H21N5/c1-2-12-5-3-4-9-19(12)10-8-18-14-13(11-15)16-6-7-17-14/h6-7,12H,2-5,8-10H2,1H3,(H,17,18)/t12-/m0/s1. The van der Waals surface area contributed by atoms with Gasteiger partial charge in [0.05, 0.1) is 0 Å². The molecule has 0 radical (unpaired) electrons. The molecule has 1 saturated heterocycles. The van der Waals surface area contributed by atoms with Gasteiger partial charge in [-0.1, -0.05) is 13.3 Å². The van der Waals surface area contributed by atoms with Gasteiger partial charge >= 0.3 is 0 Å². The number of likely N-dealkylation sites (tertiary alicyclic amines) is 1. The third-order valence-corrected chi connectivity index (χ3v) is 3.72. The molecule has 5 nitrogen and oxygen atoms in total. The van der Waals surface area contributed by atoms with E-state index in [0.717, 1.165) is 13.1 Å². The number of aromatic nitrogens is 2. The molecule has 1 atom stereocenters. The Morgan fingerprint density at radius 3 is 3.05 bits per heavy atom. The zero-order chi connectivity index (χ0) is 13.5. The molecule has 0 bridgehead atoms. The van der Waals surface area contributed by atoms with Crippen LogP contribution in [0.2, 0.25) is 0 Å². The van der Waals surface area contributed by atoms with Crippen molar-refractivity contribution in [3.63, 3.8) is 0 Å². The number of hydrogen-bond acceptors (Lipinski definition) is 5. The Kier molecular flexibility index (Phi) is 5.10. The van der Waals surface area contributed by atoms with Crippen molar-refractivity contribution in [1.82, 2.24) is 14.9 Å². The third-order valence-electron chi connectivity index (χ3n) is 3.72. The van der Waals surface area contributed by atoms with Gasteiger partial charge in [0.2, 0.25) is 0 Å². The molecule has 1 aliphatic heterocycles. The van der Waals surface area contributed by atoms with Gasteiger partial charge in [0.1, 0.15) is 6.07 Å². The van der Waals surface area contributed by atoms with Crippen LogP contribution in [0.25, 0.3) is 0 Å². The van der Waals surface area contributed by atoms with Crippen LogP contribution in [0, 0.1) is 11.3 Å². The first-order chi connectivity index (χ1) is 9.35. The van der Waals surface area contributed by atoms with E-state index in [9.17, 15) is 0 Å². The quantitative estimate of drug-likeness (QED) is 0.876. The Balaban J connectivity index is 1.84. The van der Waals surface area contributed by atoms with Gasteiger partial charge in [0.15, 0.2) is 11.5 Å². The molecule has 1 N–H and O–H groups in total. The van der Waals surface area contributed by atoms with E-state index in [1.54, 1.807) is 12.4 Å². The number of rotatable bonds is 5. The van der Waals surface area contributed by atoms with Gasteiger partial charge in [-0.25, -0.2) is 9.97 Å². The number of hydrogen-bond donors (Lipinski definition) is 1. The van der Waals surface area contributed by atoms with Gasteiger partial charge in [-0.3, -0.25) is 4.90 Å². The Hall–Kier alpha value is -1.67. The molecule has 0 aliphatic carbocycles. The van der Waals surface area contributed by atoms with Gasteiger partial charge in [0, 0.05) is 31.5 Å². The molecule has 1 aromatic rings. The maximum atomic E-state index is 8.94. The monoisotopic (exact) mass is 259 g/mol. The topological polar surface area (TPSA) is 64.8 Å². The van der Waals surface area contributed by atoms with Gasteiger partial charge in [-0.2, -0.15) is 5.26 Å². The summed E-state index contributed by atoms with van der Waals surface area (Å²) in [7, 11) is 0. The highest BCUT2D eigenvalue weighted by Crippen LogP contribution is 2.18. The summed E-state index contributed by atoms with van der Waals surface area (Å²) in [5.74, 6) is 0.593. The van der Waals surface area contributed by atoms with Gasteiger partial charge in [-0.15, -0.1) is 0 Å². The summed E-state index contributed by atoms with van der Waals surface area (Å²) in [4.78, 5) is 10.7. The molecule has 5 heteroatoms. The Labute approximate surface area is 114 Å². The molecule has 0 spiro atoms. The van der Waals surface area contributed by atoms with Crippen molar-refractivity contribution in [3.8, 4) is 6.07 Å². The summed E-state index contributed by atoms with van der Waals surface area (Å²) >= 11 is 0. The Morgan fingerprint density at radius 1 is 1.42 bits per heavy atom. The van der Waals surface area contributed by atoms with Crippen molar-refractivity contribution < 1.29 is 0 Å². The maximum Gasteiger partial charge on any atom is 0.182 e. The van der Waals surface area contributed by atoms with Crippen LogP contribution in [0.1, 0.15) is 38.3 Å². The largest absolute Gasteiger partial charge is 0.366 e. The van der Waals surface area contributed by atoms with Crippen LogP contribution in [-0.4, -0.2) is 40.5 Å². The van der Waals surface area contributed by atoms with Crippen molar-refractivity contribution in [3.05, 3.63) is 18.1 Å². The Morgan fingerprint density at radius 2 is 2.26 bits per heavy atom. The summed E-state index contributed by atoms with van der Waals surface area (Å²) in [5, 5.41) is 12.2. The smallest absolute Gasteiger partial charge is 0.182 e. The average Bonchev–Trinajstić information content (AvgIpc) is 2.48. The molecule has 102 valence electrons. The van der Waals surface area contributed by atoms with Crippen molar-refractivity contribution in [2.24, 2.45) is 0 Å². The predicted octanol–water partition coefficient (Wildman–Crippen LogP) is 2.02. The van der Waals surface area contributed by atoms with Crippen molar-refractivity contribution in [1.29, 1.82) is 5.26 Å². The fourth-order valence-corrected chi connectivity index (χ4v) is 2.68. The third kappa shape index (κ3) is 3.65. The highest BCUT2D eigenvalue weighted by atomic mass is 15.2. The van der Waals surface area contributed by atoms with E-state index in [1.807, 2.05) is 0 Å². The average molecular weight is 259 g/mol. The van der Waals surface area contributed by atoms with Crippen LogP contribution in [0.15, 0.2) is 12.4 Å². The molecule has 1 aliphatic rings. The normalized spacial score (nSPS) is 19.9. The first-order valence-corrected chi connectivity index (χ1v) is 7.04. The van der Waals surface area contributed by atoms with Gasteiger partial charge in [-0.05, 0) is 25.8 Å². The molecule has 0 amide bonds. The molecule has 0 unspecified atom stereocenters. The van der Waals surface area contributed by atoms with Crippen LogP contribution in [0.5, 0.6) is 0 Å². The van der Waals surface area contributed by atoms with Crippen molar-refractivity contribution in [2.75, 3.05) is 25.0 Å². The van der Waals surface area contributed by atoms with E-state index in [4.69, 9.17) is 5.26 Å². The van der Waals surface area contributed by atoms with E-state index in [1.165, 1.54) is 32.2 Å². The lowest BCUT2D eigenvalue weighted by atomic mass is 10.0. The molecule has 1 aromatic heterocycles. The Bertz CT molecular complexity index is 440. The van der Waals surface area contributed by atoms with E-state index < -0.39 is 0 Å². The van der Waals surface area contributed by atoms with E-state index in [-0.39, 0.29) is 0 Å². The molecule has 2 rings (SSSR count). The minimum Gasteiger partial charge on any atom is -0.366 e. The lowest BCUT2D eigenvalue weighted by Gasteiger charge is -2.35. The molecule has 2 heterocycles. The summed E-state index contributed by atoms with van der Waals surface area (Å²) < 4.78 is 0. The fraction of sp³-hybridized carbons (Fsp3) is 0.643. The van der Waals surface area contributed by atoms with Gasteiger partial charge in [0.25, 0.3) is 0 Å². The van der Waals surface area contributed by atoms with Crippen LogP contribution in [-0.2, 0) is 0 Å². The van der Waals surface area contributed by atoms with E-state index >= 15 is 0 Å². The lowest BCUT2D eigenvalue weighted by Crippen LogP contribution is -2.41. The van der Waals surface area contributed by atoms with Crippen molar-refractivity contribution >= 4 is 5.82 Å². The first kappa shape index (κ1) is 13.8. The van der Waals surface area contributed by atoms with Gasteiger partial charge < -0.3 is 5.32 Å². The second kappa shape index (κ2) is 7.05. The lowest BCUT2D eigenvalue weighted by molar-refractivity contribution is 0.150. The highest BCUT2D eigenvalue weighted by molar-refractivity contribution is 5.46. The first-order valence-electron chi connectivity index (χ1n) is 7.04. The summed E-state index contributed by atoms with van der Waals surface area (Å²) in [6.45, 7) is 5.25. The molecule has 0 aromatic carbocycles. The molecular formula is C14H21N5. The molecule has 1 fully saturated rings. The second-order valence-corrected chi connectivity index (χ2v) is 4.89. The predicted molar refractivity (Wildman–Crippen MR) is 74.7 cm³/mol. The molecule has 0 saturated carbocycles. The van der Waals surface area contributed by atoms with E-state index in [0.29, 0.717) is 17.6 Å². The summed E-state index contributed by atoms with van der Waals surface area (Å²) in [6.07, 6.45) is 8.33. The number of anilines is 1. The minimum atomic E-state index is 0.369. The number of nitrogens with one attached hydrogen (secondary N) is 1. The number of nitriles is 1. The minimum absolute atomic E-state index is 0.369. The number of piperidine rings is 1. The second-order valence-electron chi connectivity index (χ2n) is 4.89. The molecule has 19 heavy (non-hydrogen) atoms. The van der Waals surface area contributed by atoms with Crippen LogP contribution in [0.4, 0.5) is 5.82 Å². The fourth-order valence-electron chi connectivity index (χ4n) is 2.68. The van der Waals surface area contributed by atoms with E-state index in [2.05, 4.69) is 33.2 Å². The van der Waals surface area contributed by atoms with Crippen LogP contribution in [0.3, 0.4) is 0 Å². The zero-order valence-electron chi connectivity index (χ0n) is 11.5. The highest BCUT2D eigenvalue weighted by Gasteiger charge is 2.19. The zero-order valence-corrected chi connectivity index (χ0v) is 11.5. The molecular weight excluding hydrogens is 238 g/mol. The maximum absolute atomic E-state index is 8.94. The summed E-state index contributed by atoms with van der Waals surface area (Å²) in [6, 6.07) is 2.77. The van der Waals surface area contributed by atoms with Crippen LogP contribution < -0.4 is 5.32 Å². The SMILES string of the molecule is CC[C@H]1CCCCN1CCNc1nccnc1C#N.